The van der Waals surface area contributed by atoms with Crippen molar-refractivity contribution in [3.05, 3.63) is 33.9 Å². The largest absolute Gasteiger partial charge is 0.497 e. The van der Waals surface area contributed by atoms with Gasteiger partial charge in [-0.05, 0) is 24.0 Å². The Balaban J connectivity index is 0.00000264. The Kier molecular flexibility index (Phi) is 5.96. The number of nitro groups is 1. The maximum Gasteiger partial charge on any atom is 0.282 e. The lowest BCUT2D eigenvalue weighted by atomic mass is 9.79. The van der Waals surface area contributed by atoms with Crippen molar-refractivity contribution in [3.8, 4) is 5.75 Å². The number of methoxy groups -OCH3 is 1. The Hall–Kier alpha value is -1.86. The average molecular weight is 344 g/mol. The summed E-state index contributed by atoms with van der Waals surface area (Å²) in [6, 6.07) is 4.21. The van der Waals surface area contributed by atoms with E-state index < -0.39 is 4.92 Å². The highest BCUT2D eigenvalue weighted by atomic mass is 35.5. The first-order chi connectivity index (χ1) is 10.3. The number of halogens is 1. The fourth-order valence-corrected chi connectivity index (χ4v) is 2.69. The molecule has 0 bridgehead atoms. The molecule has 2 N–H and O–H groups in total. The Morgan fingerprint density at radius 1 is 1.48 bits per heavy atom. The number of hydrogen-bond donors (Lipinski definition) is 1. The Labute approximate surface area is 141 Å². The van der Waals surface area contributed by atoms with Crippen molar-refractivity contribution in [2.75, 3.05) is 20.2 Å². The van der Waals surface area contributed by atoms with Crippen molar-refractivity contribution in [2.45, 2.75) is 26.3 Å². The Morgan fingerprint density at radius 3 is 2.65 bits per heavy atom. The molecule has 128 valence electrons. The van der Waals surface area contributed by atoms with E-state index in [1.54, 1.807) is 4.90 Å². The van der Waals surface area contributed by atoms with Gasteiger partial charge in [0.15, 0.2) is 0 Å². The number of carbonyl (C=O) groups is 1. The number of nitro benzene ring substituents is 1. The zero-order valence-electron chi connectivity index (χ0n) is 13.4. The van der Waals surface area contributed by atoms with Crippen LogP contribution in [0.25, 0.3) is 0 Å². The third kappa shape index (κ3) is 3.92. The molecule has 23 heavy (non-hydrogen) atoms. The molecule has 2 rings (SSSR count). The number of piperidine rings is 1. The smallest absolute Gasteiger partial charge is 0.282 e. The number of nitrogens with two attached hydrogens (primary N) is 1. The minimum atomic E-state index is -0.548. The van der Waals surface area contributed by atoms with Gasteiger partial charge in [0.25, 0.3) is 11.6 Å². The van der Waals surface area contributed by atoms with Crippen LogP contribution in [0.5, 0.6) is 5.75 Å². The quantitative estimate of drug-likeness (QED) is 0.670. The molecule has 1 aliphatic rings. The fourth-order valence-electron chi connectivity index (χ4n) is 2.69. The van der Waals surface area contributed by atoms with Crippen LogP contribution in [-0.4, -0.2) is 42.0 Å². The molecule has 0 spiro atoms. The van der Waals surface area contributed by atoms with Crippen LogP contribution in [0.2, 0.25) is 0 Å². The second-order valence-electron chi connectivity index (χ2n) is 6.25. The molecule has 1 amide bonds. The first-order valence-electron chi connectivity index (χ1n) is 7.13. The molecule has 0 aliphatic carbocycles. The molecule has 1 unspecified atom stereocenters. The topological polar surface area (TPSA) is 98.7 Å². The van der Waals surface area contributed by atoms with Crippen molar-refractivity contribution in [1.82, 2.24) is 4.90 Å². The molecule has 0 radical (unpaired) electrons. The van der Waals surface area contributed by atoms with Gasteiger partial charge in [-0.1, -0.05) is 13.8 Å². The molecule has 1 aromatic rings. The van der Waals surface area contributed by atoms with Gasteiger partial charge in [-0.15, -0.1) is 12.4 Å². The van der Waals surface area contributed by atoms with E-state index in [0.717, 1.165) is 0 Å². The SMILES string of the molecule is COc1ccc([N+](=O)[O-])c(C(=O)N2CCC(N)C(C)(C)C2)c1.Cl. The monoisotopic (exact) mass is 343 g/mol. The molecule has 1 saturated heterocycles. The number of rotatable bonds is 3. The van der Waals surface area contributed by atoms with Crippen molar-refractivity contribution in [2.24, 2.45) is 11.1 Å². The fraction of sp³-hybridized carbons (Fsp3) is 0.533. The maximum atomic E-state index is 12.7. The van der Waals surface area contributed by atoms with Gasteiger partial charge >= 0.3 is 0 Å². The summed E-state index contributed by atoms with van der Waals surface area (Å²) in [5, 5.41) is 11.2. The molecule has 0 saturated carbocycles. The molecule has 1 fully saturated rings. The maximum absolute atomic E-state index is 12.7. The van der Waals surface area contributed by atoms with Crippen LogP contribution in [0, 0.1) is 15.5 Å². The predicted molar refractivity (Wildman–Crippen MR) is 89.2 cm³/mol. The second kappa shape index (κ2) is 7.14. The van der Waals surface area contributed by atoms with Crippen LogP contribution in [0.4, 0.5) is 5.69 Å². The summed E-state index contributed by atoms with van der Waals surface area (Å²) in [6.07, 6.45) is 0.677. The minimum Gasteiger partial charge on any atom is -0.497 e. The molecule has 1 aliphatic heterocycles. The average Bonchev–Trinajstić information content (AvgIpc) is 2.48. The molecule has 8 heteroatoms. The first kappa shape index (κ1) is 19.2. The minimum absolute atomic E-state index is 0. The van der Waals surface area contributed by atoms with Crippen molar-refractivity contribution in [3.63, 3.8) is 0 Å². The highest BCUT2D eigenvalue weighted by Crippen LogP contribution is 2.31. The third-order valence-corrected chi connectivity index (χ3v) is 4.23. The second-order valence-corrected chi connectivity index (χ2v) is 6.25. The van der Waals surface area contributed by atoms with Gasteiger partial charge in [0.1, 0.15) is 11.3 Å². The van der Waals surface area contributed by atoms with E-state index >= 15 is 0 Å². The first-order valence-corrected chi connectivity index (χ1v) is 7.13. The summed E-state index contributed by atoms with van der Waals surface area (Å²) >= 11 is 0. The lowest BCUT2D eigenvalue weighted by molar-refractivity contribution is -0.385. The van der Waals surface area contributed by atoms with E-state index in [2.05, 4.69) is 0 Å². The van der Waals surface area contributed by atoms with E-state index in [9.17, 15) is 14.9 Å². The molecular weight excluding hydrogens is 322 g/mol. The van der Waals surface area contributed by atoms with E-state index in [1.165, 1.54) is 25.3 Å². The summed E-state index contributed by atoms with van der Waals surface area (Å²) in [7, 11) is 1.46. The van der Waals surface area contributed by atoms with Crippen LogP contribution in [0.1, 0.15) is 30.6 Å². The van der Waals surface area contributed by atoms with Crippen LogP contribution >= 0.6 is 12.4 Å². The van der Waals surface area contributed by atoms with Crippen LogP contribution in [-0.2, 0) is 0 Å². The number of ether oxygens (including phenoxy) is 1. The number of likely N-dealkylation sites (tertiary alicyclic amines) is 1. The molecular formula is C15H22ClN3O4. The summed E-state index contributed by atoms with van der Waals surface area (Å²) in [6.45, 7) is 4.97. The highest BCUT2D eigenvalue weighted by Gasteiger charge is 2.37. The van der Waals surface area contributed by atoms with Crippen LogP contribution < -0.4 is 10.5 Å². The molecule has 7 nitrogen and oxygen atoms in total. The summed E-state index contributed by atoms with van der Waals surface area (Å²) < 4.78 is 5.07. The van der Waals surface area contributed by atoms with Gasteiger partial charge in [0.2, 0.25) is 0 Å². The van der Waals surface area contributed by atoms with Gasteiger partial charge in [-0.25, -0.2) is 0 Å². The number of benzene rings is 1. The normalized spacial score (nSPS) is 19.7. The van der Waals surface area contributed by atoms with Gasteiger partial charge in [0, 0.05) is 25.2 Å². The molecule has 1 atom stereocenters. The van der Waals surface area contributed by atoms with Crippen molar-refractivity contribution >= 4 is 24.0 Å². The summed E-state index contributed by atoms with van der Waals surface area (Å²) in [4.78, 5) is 25.0. The molecule has 0 aromatic heterocycles. The third-order valence-electron chi connectivity index (χ3n) is 4.23. The van der Waals surface area contributed by atoms with Gasteiger partial charge < -0.3 is 15.4 Å². The van der Waals surface area contributed by atoms with E-state index in [0.29, 0.717) is 25.3 Å². The summed E-state index contributed by atoms with van der Waals surface area (Å²) in [5.41, 5.74) is 5.69. The standard InChI is InChI=1S/C15H21N3O4.ClH/c1-15(2)9-17(7-6-13(15)16)14(19)11-8-10(22-3)4-5-12(11)18(20)21;/h4-5,8,13H,6-7,9,16H2,1-3H3;1H. The lowest BCUT2D eigenvalue weighted by Crippen LogP contribution is -2.54. The van der Waals surface area contributed by atoms with Crippen LogP contribution in [0.3, 0.4) is 0 Å². The zero-order chi connectivity index (χ0) is 16.5. The van der Waals surface area contributed by atoms with E-state index in [-0.39, 0.29) is 41.0 Å². The van der Waals surface area contributed by atoms with Gasteiger partial charge in [-0.3, -0.25) is 14.9 Å². The van der Waals surface area contributed by atoms with Gasteiger partial charge in [0.05, 0.1) is 12.0 Å². The van der Waals surface area contributed by atoms with E-state index in [4.69, 9.17) is 10.5 Å². The number of carbonyl (C=O) groups excluding carboxylic acids is 1. The Morgan fingerprint density at radius 2 is 2.13 bits per heavy atom. The number of amides is 1. The van der Waals surface area contributed by atoms with E-state index in [1.807, 2.05) is 13.8 Å². The molecule has 1 aromatic carbocycles. The Bertz CT molecular complexity index is 606. The van der Waals surface area contributed by atoms with Crippen molar-refractivity contribution in [1.29, 1.82) is 0 Å². The van der Waals surface area contributed by atoms with Crippen molar-refractivity contribution < 1.29 is 14.5 Å². The molecule has 1 heterocycles. The predicted octanol–water partition coefficient (Wildman–Crippen LogP) is 2.22. The lowest BCUT2D eigenvalue weighted by Gasteiger charge is -2.42. The van der Waals surface area contributed by atoms with Gasteiger partial charge in [-0.2, -0.15) is 0 Å². The zero-order valence-corrected chi connectivity index (χ0v) is 14.3. The van der Waals surface area contributed by atoms with Crippen LogP contribution in [0.15, 0.2) is 18.2 Å². The number of hydrogen-bond acceptors (Lipinski definition) is 5. The highest BCUT2D eigenvalue weighted by molar-refractivity contribution is 5.98. The number of nitrogens with zero attached hydrogens (tertiary/aromatic N) is 2. The summed E-state index contributed by atoms with van der Waals surface area (Å²) in [5.74, 6) is 0.0625.